The first kappa shape index (κ1) is 28.5. The summed E-state index contributed by atoms with van der Waals surface area (Å²) in [6, 6.07) is 16.8. The molecule has 0 aliphatic carbocycles. The molecule has 41 heavy (non-hydrogen) atoms. The van der Waals surface area contributed by atoms with Gasteiger partial charge in [0, 0.05) is 30.5 Å². The van der Waals surface area contributed by atoms with E-state index in [2.05, 4.69) is 0 Å². The molecule has 2 aromatic carbocycles. The van der Waals surface area contributed by atoms with Crippen molar-refractivity contribution in [2.45, 2.75) is 84.8 Å². The van der Waals surface area contributed by atoms with Gasteiger partial charge in [-0.3, -0.25) is 14.5 Å². The van der Waals surface area contributed by atoms with Gasteiger partial charge in [0.15, 0.2) is 0 Å². The average molecular weight is 556 g/mol. The normalized spacial score (nSPS) is 21.7. The van der Waals surface area contributed by atoms with E-state index < -0.39 is 5.60 Å². The number of amides is 2. The molecule has 1 fully saturated rings. The molecule has 2 aliphatic heterocycles. The predicted octanol–water partition coefficient (Wildman–Crippen LogP) is 6.52. The zero-order valence-electron chi connectivity index (χ0n) is 24.5. The lowest BCUT2D eigenvalue weighted by atomic mass is 9.97. The van der Waals surface area contributed by atoms with Gasteiger partial charge < -0.3 is 14.4 Å². The maximum Gasteiger partial charge on any atom is 0.410 e. The van der Waals surface area contributed by atoms with E-state index in [9.17, 15) is 14.4 Å². The van der Waals surface area contributed by atoms with Crippen molar-refractivity contribution >= 4 is 40.4 Å². The second kappa shape index (κ2) is 11.1. The van der Waals surface area contributed by atoms with Crippen LogP contribution in [0.1, 0.15) is 76.0 Å². The van der Waals surface area contributed by atoms with Crippen LogP contribution in [0.15, 0.2) is 60.3 Å². The molecule has 0 radical (unpaired) electrons. The molecular weight excluding hydrogens is 518 g/mol. The molecule has 2 atom stereocenters. The molecule has 1 saturated heterocycles. The number of carbonyl (C=O) groups excluding carboxylic acids is 3. The summed E-state index contributed by atoms with van der Waals surface area (Å²) in [6.45, 7) is 11.6. The topological polar surface area (TPSA) is 89.0 Å². The maximum absolute atomic E-state index is 13.3. The molecule has 0 bridgehead atoms. The largest absolute Gasteiger partial charge is 0.444 e. The molecule has 8 heteroatoms. The fourth-order valence-electron chi connectivity index (χ4n) is 5.69. The van der Waals surface area contributed by atoms with Crippen molar-refractivity contribution in [3.05, 3.63) is 77.1 Å². The van der Waals surface area contributed by atoms with Crippen LogP contribution in [0.25, 0.3) is 17.0 Å². The van der Waals surface area contributed by atoms with E-state index in [1.54, 1.807) is 24.3 Å². The van der Waals surface area contributed by atoms with Crippen LogP contribution in [0, 0.1) is 0 Å². The van der Waals surface area contributed by atoms with Crippen molar-refractivity contribution in [1.29, 1.82) is 0 Å². The van der Waals surface area contributed by atoms with E-state index in [-0.39, 0.29) is 41.7 Å². The summed E-state index contributed by atoms with van der Waals surface area (Å²) in [6.07, 6.45) is 2.93. The molecule has 0 N–H and O–H groups in total. The zero-order valence-corrected chi connectivity index (χ0v) is 24.5. The van der Waals surface area contributed by atoms with E-state index in [1.807, 2.05) is 75.9 Å². The Kier molecular flexibility index (Phi) is 7.70. The summed E-state index contributed by atoms with van der Waals surface area (Å²) in [7, 11) is 0. The number of anilines is 1. The minimum Gasteiger partial charge on any atom is -0.444 e. The summed E-state index contributed by atoms with van der Waals surface area (Å²) in [4.78, 5) is 46.9. The number of hydrogen-bond donors (Lipinski definition) is 0. The molecule has 3 heterocycles. The molecular formula is C33H37N3O5. The number of rotatable bonds is 4. The van der Waals surface area contributed by atoms with Crippen LogP contribution < -0.4 is 4.90 Å². The Balaban J connectivity index is 1.42. The van der Waals surface area contributed by atoms with Gasteiger partial charge in [0.2, 0.25) is 11.7 Å². The van der Waals surface area contributed by atoms with Crippen LogP contribution >= 0.6 is 0 Å². The molecule has 8 nitrogen and oxygen atoms in total. The van der Waals surface area contributed by atoms with E-state index in [0.29, 0.717) is 23.5 Å². The third-order valence-corrected chi connectivity index (χ3v) is 7.33. The van der Waals surface area contributed by atoms with Gasteiger partial charge in [0.25, 0.3) is 0 Å². The van der Waals surface area contributed by atoms with Crippen molar-refractivity contribution in [3.63, 3.8) is 0 Å². The third kappa shape index (κ3) is 6.17. The van der Waals surface area contributed by atoms with Gasteiger partial charge in [-0.05, 0) is 89.4 Å². The highest BCUT2D eigenvalue weighted by molar-refractivity contribution is 6.26. The summed E-state index contributed by atoms with van der Waals surface area (Å²) in [5.74, 6) is -0.435. The number of aromatic nitrogens is 1. The highest BCUT2D eigenvalue weighted by Gasteiger charge is 2.35. The number of benzene rings is 2. The number of nitrogens with zero attached hydrogens (tertiary/aromatic N) is 3. The predicted molar refractivity (Wildman–Crippen MR) is 158 cm³/mol. The second-order valence-corrected chi connectivity index (χ2v) is 12.0. The third-order valence-electron chi connectivity index (χ3n) is 7.33. The SMILES string of the molecule is CC(=O)N1/C(=C\c2ccc3cc(CN(C(=O)OC(C)(C)C)C4C[C@@H](C)O[C@H](C)C4)ccc3n2)C(=O)c2ccccc21. The zero-order chi connectivity index (χ0) is 29.5. The fraction of sp³-hybridized carbons (Fsp3) is 0.394. The van der Waals surface area contributed by atoms with E-state index >= 15 is 0 Å². The molecule has 214 valence electrons. The van der Waals surface area contributed by atoms with Crippen molar-refractivity contribution in [1.82, 2.24) is 9.88 Å². The molecule has 5 rings (SSSR count). The standard InChI is InChI=1S/C33H37N3O5/c1-20-15-26(16-21(2)40-20)35(32(39)41-33(4,5)6)19-23-11-14-28-24(17-23)12-13-25(34-28)18-30-31(38)27-9-7-8-10-29(27)36(30)22(3)37/h7-14,17-18,20-21,26H,15-16,19H2,1-6H3/b30-18-/t20-,21-/m1/s1. The number of Topliss-reactive ketones (excluding diaryl/α,β-unsaturated/α-hetero) is 1. The van der Waals surface area contributed by atoms with Crippen molar-refractivity contribution in [3.8, 4) is 0 Å². The monoisotopic (exact) mass is 555 g/mol. The summed E-state index contributed by atoms with van der Waals surface area (Å²) >= 11 is 0. The number of ketones is 1. The molecule has 3 aromatic rings. The van der Waals surface area contributed by atoms with Crippen LogP contribution in [0.2, 0.25) is 0 Å². The molecule has 2 aliphatic rings. The lowest BCUT2D eigenvalue weighted by Crippen LogP contribution is -2.48. The van der Waals surface area contributed by atoms with Crippen LogP contribution in [0.3, 0.4) is 0 Å². The van der Waals surface area contributed by atoms with Crippen molar-refractivity contribution < 1.29 is 23.9 Å². The second-order valence-electron chi connectivity index (χ2n) is 12.0. The lowest BCUT2D eigenvalue weighted by Gasteiger charge is -2.39. The van der Waals surface area contributed by atoms with E-state index in [1.165, 1.54) is 11.8 Å². The Bertz CT molecular complexity index is 1530. The lowest BCUT2D eigenvalue weighted by molar-refractivity contribution is -0.116. The van der Waals surface area contributed by atoms with Crippen LogP contribution in [-0.2, 0) is 20.8 Å². The van der Waals surface area contributed by atoms with Gasteiger partial charge in [0.1, 0.15) is 5.60 Å². The fourth-order valence-corrected chi connectivity index (χ4v) is 5.69. The number of carbonyl (C=O) groups is 3. The van der Waals surface area contributed by atoms with E-state index in [0.717, 1.165) is 29.3 Å². The van der Waals surface area contributed by atoms with E-state index in [4.69, 9.17) is 14.5 Å². The smallest absolute Gasteiger partial charge is 0.410 e. The highest BCUT2D eigenvalue weighted by Crippen LogP contribution is 2.35. The molecule has 2 amide bonds. The molecule has 0 unspecified atom stereocenters. The number of ether oxygens (including phenoxy) is 2. The van der Waals surface area contributed by atoms with Gasteiger partial charge in [-0.25, -0.2) is 9.78 Å². The Hall–Kier alpha value is -4.04. The summed E-state index contributed by atoms with van der Waals surface area (Å²) < 4.78 is 11.7. The average Bonchev–Trinajstić information content (AvgIpc) is 3.17. The Morgan fingerprint density at radius 3 is 2.46 bits per heavy atom. The first-order valence-corrected chi connectivity index (χ1v) is 14.1. The Morgan fingerprint density at radius 2 is 1.78 bits per heavy atom. The van der Waals surface area contributed by atoms with Crippen molar-refractivity contribution in [2.75, 3.05) is 4.90 Å². The van der Waals surface area contributed by atoms with Gasteiger partial charge in [-0.2, -0.15) is 0 Å². The number of para-hydroxylation sites is 1. The quantitative estimate of drug-likeness (QED) is 0.341. The molecule has 0 saturated carbocycles. The number of allylic oxidation sites excluding steroid dienone is 1. The summed E-state index contributed by atoms with van der Waals surface area (Å²) in [5.41, 5.74) is 3.07. The minimum atomic E-state index is -0.601. The van der Waals surface area contributed by atoms with Gasteiger partial charge in [0.05, 0.1) is 34.8 Å². The van der Waals surface area contributed by atoms with Crippen LogP contribution in [-0.4, -0.2) is 51.5 Å². The first-order chi connectivity index (χ1) is 19.4. The molecule has 0 spiro atoms. The first-order valence-electron chi connectivity index (χ1n) is 14.1. The van der Waals surface area contributed by atoms with Crippen molar-refractivity contribution in [2.24, 2.45) is 0 Å². The number of pyridine rings is 1. The van der Waals surface area contributed by atoms with Crippen LogP contribution in [0.5, 0.6) is 0 Å². The Labute approximate surface area is 240 Å². The van der Waals surface area contributed by atoms with Gasteiger partial charge >= 0.3 is 6.09 Å². The summed E-state index contributed by atoms with van der Waals surface area (Å²) in [5, 5.41) is 0.909. The highest BCUT2D eigenvalue weighted by atomic mass is 16.6. The maximum atomic E-state index is 13.3. The van der Waals surface area contributed by atoms with Gasteiger partial charge in [-0.15, -0.1) is 0 Å². The van der Waals surface area contributed by atoms with Gasteiger partial charge in [-0.1, -0.05) is 24.3 Å². The molecule has 1 aromatic heterocycles. The number of fused-ring (bicyclic) bond motifs is 2. The van der Waals surface area contributed by atoms with Crippen LogP contribution in [0.4, 0.5) is 10.5 Å². The minimum absolute atomic E-state index is 0.00344. The Morgan fingerprint density at radius 1 is 1.07 bits per heavy atom. The number of hydrogen-bond acceptors (Lipinski definition) is 6.